The number of furan rings is 1. The molecule has 0 N–H and O–H groups in total. The summed E-state index contributed by atoms with van der Waals surface area (Å²) in [6, 6.07) is 12.3. The topological polar surface area (TPSA) is 61.0 Å². The van der Waals surface area contributed by atoms with Gasteiger partial charge in [-0.3, -0.25) is 0 Å². The van der Waals surface area contributed by atoms with Gasteiger partial charge in [0.2, 0.25) is 0 Å². The summed E-state index contributed by atoms with van der Waals surface area (Å²) in [5, 5.41) is 2.12. The van der Waals surface area contributed by atoms with Crippen LogP contribution in [0, 0.1) is 0 Å². The number of halogens is 1. The molecule has 5 aromatic rings. The third kappa shape index (κ3) is 3.89. The normalized spacial score (nSPS) is 15.2. The fraction of sp³-hybridized carbons (Fsp3) is 0.240. The quantitative estimate of drug-likeness (QED) is 0.176. The molecule has 5 heterocycles. The van der Waals surface area contributed by atoms with Crippen molar-refractivity contribution in [3.8, 4) is 11.5 Å². The van der Waals surface area contributed by atoms with E-state index in [9.17, 15) is 0 Å². The molecule has 166 valence electrons. The average molecular weight is 538 g/mol. The second-order valence-corrected chi connectivity index (χ2v) is 11.6. The Morgan fingerprint density at radius 3 is 2.76 bits per heavy atom. The highest BCUT2D eigenvalue weighted by Crippen LogP contribution is 2.44. The summed E-state index contributed by atoms with van der Waals surface area (Å²) < 4.78 is 14.1. The maximum absolute atomic E-state index is 6.17. The second kappa shape index (κ2) is 8.20. The molecule has 6 rings (SSSR count). The van der Waals surface area contributed by atoms with Gasteiger partial charge in [0, 0.05) is 27.6 Å². The van der Waals surface area contributed by atoms with Crippen LogP contribution in [0.1, 0.15) is 30.5 Å². The standard InChI is InChI=1S/C25H20BrN3O2S2/c1-25(2)10-16-17(11-31-25)20(18-4-3-9-30-18)29-23-19(16)21-22(33-23)24(28-13-27-21)32-12-14-5-7-15(26)8-6-14/h3-9,13H,10-12H2,1-2H3. The zero-order valence-corrected chi connectivity index (χ0v) is 21.3. The Morgan fingerprint density at radius 2 is 1.97 bits per heavy atom. The van der Waals surface area contributed by atoms with Gasteiger partial charge in [-0.15, -0.1) is 23.1 Å². The van der Waals surface area contributed by atoms with Gasteiger partial charge in [0.05, 0.1) is 28.7 Å². The third-order valence-electron chi connectivity index (χ3n) is 5.84. The highest BCUT2D eigenvalue weighted by molar-refractivity contribution is 9.10. The number of ether oxygens (including phenoxy) is 1. The molecule has 0 atom stereocenters. The van der Waals surface area contributed by atoms with Gasteiger partial charge in [-0.1, -0.05) is 28.1 Å². The maximum atomic E-state index is 6.17. The van der Waals surface area contributed by atoms with E-state index in [1.165, 1.54) is 11.1 Å². The van der Waals surface area contributed by atoms with Crippen LogP contribution in [-0.2, 0) is 23.5 Å². The predicted octanol–water partition coefficient (Wildman–Crippen LogP) is 7.41. The number of benzene rings is 1. The molecule has 5 nitrogen and oxygen atoms in total. The highest BCUT2D eigenvalue weighted by atomic mass is 79.9. The van der Waals surface area contributed by atoms with Crippen molar-refractivity contribution in [3.63, 3.8) is 0 Å². The summed E-state index contributed by atoms with van der Waals surface area (Å²) in [6.45, 7) is 4.78. The van der Waals surface area contributed by atoms with Gasteiger partial charge < -0.3 is 9.15 Å². The van der Waals surface area contributed by atoms with E-state index in [1.54, 1.807) is 35.7 Å². The number of hydrogen-bond acceptors (Lipinski definition) is 7. The molecule has 1 aliphatic heterocycles. The average Bonchev–Trinajstić information content (AvgIpc) is 3.45. The minimum atomic E-state index is -0.248. The van der Waals surface area contributed by atoms with Crippen LogP contribution in [0.4, 0.5) is 0 Å². The minimum absolute atomic E-state index is 0.248. The van der Waals surface area contributed by atoms with Gasteiger partial charge in [-0.05, 0) is 49.2 Å². The first-order chi connectivity index (χ1) is 16.0. The van der Waals surface area contributed by atoms with E-state index in [0.29, 0.717) is 6.61 Å². The van der Waals surface area contributed by atoms with Crippen LogP contribution in [0.5, 0.6) is 0 Å². The SMILES string of the molecule is CC1(C)Cc2c(c(-c3ccco3)nc3sc4c(SCc5ccc(Br)cc5)ncnc4c23)CO1. The number of hydrogen-bond donors (Lipinski definition) is 0. The van der Waals surface area contributed by atoms with Gasteiger partial charge in [-0.25, -0.2) is 15.0 Å². The fourth-order valence-corrected chi connectivity index (χ4v) is 6.69. The zero-order chi connectivity index (χ0) is 22.6. The molecule has 33 heavy (non-hydrogen) atoms. The van der Waals surface area contributed by atoms with Crippen LogP contribution in [0.2, 0.25) is 0 Å². The smallest absolute Gasteiger partial charge is 0.152 e. The Hall–Kier alpha value is -2.26. The lowest BCUT2D eigenvalue weighted by molar-refractivity contribution is -0.0395. The number of thiophene rings is 1. The third-order valence-corrected chi connectivity index (χ3v) is 8.64. The molecule has 0 radical (unpaired) electrons. The van der Waals surface area contributed by atoms with Gasteiger partial charge in [0.1, 0.15) is 21.9 Å². The molecular formula is C25H20BrN3O2S2. The van der Waals surface area contributed by atoms with E-state index >= 15 is 0 Å². The number of thioether (sulfide) groups is 1. The predicted molar refractivity (Wildman–Crippen MR) is 137 cm³/mol. The van der Waals surface area contributed by atoms with Crippen molar-refractivity contribution in [2.45, 2.75) is 43.3 Å². The van der Waals surface area contributed by atoms with Crippen LogP contribution < -0.4 is 0 Å². The number of fused-ring (bicyclic) bond motifs is 5. The van der Waals surface area contributed by atoms with Crippen LogP contribution >= 0.6 is 39.0 Å². The number of nitrogens with zero attached hydrogens (tertiary/aromatic N) is 3. The number of rotatable bonds is 4. The number of aromatic nitrogens is 3. The summed E-state index contributed by atoms with van der Waals surface area (Å²) in [5.74, 6) is 1.61. The summed E-state index contributed by atoms with van der Waals surface area (Å²) in [7, 11) is 0. The first kappa shape index (κ1) is 21.3. The van der Waals surface area contributed by atoms with E-state index in [1.807, 2.05) is 12.1 Å². The molecule has 1 aromatic carbocycles. The molecule has 0 unspecified atom stereocenters. The van der Waals surface area contributed by atoms with Crippen LogP contribution in [-0.4, -0.2) is 20.6 Å². The molecule has 4 aromatic heterocycles. The van der Waals surface area contributed by atoms with Crippen LogP contribution in [0.25, 0.3) is 31.9 Å². The van der Waals surface area contributed by atoms with Crippen LogP contribution in [0.3, 0.4) is 0 Å². The Balaban J connectivity index is 1.51. The van der Waals surface area contributed by atoms with E-state index < -0.39 is 0 Å². The highest BCUT2D eigenvalue weighted by Gasteiger charge is 2.32. The second-order valence-electron chi connectivity index (χ2n) is 8.67. The Labute approximate surface area is 207 Å². The first-order valence-electron chi connectivity index (χ1n) is 10.6. The molecule has 8 heteroatoms. The van der Waals surface area contributed by atoms with Gasteiger partial charge >= 0.3 is 0 Å². The Morgan fingerprint density at radius 1 is 1.12 bits per heavy atom. The van der Waals surface area contributed by atoms with E-state index in [4.69, 9.17) is 19.1 Å². The molecule has 1 aliphatic rings. The monoisotopic (exact) mass is 537 g/mol. The Kier molecular flexibility index (Phi) is 5.29. The van der Waals surface area contributed by atoms with Crippen molar-refractivity contribution >= 4 is 59.5 Å². The molecule has 0 fully saturated rings. The first-order valence-corrected chi connectivity index (χ1v) is 13.2. The van der Waals surface area contributed by atoms with Crippen molar-refractivity contribution in [1.82, 2.24) is 15.0 Å². The van der Waals surface area contributed by atoms with Crippen molar-refractivity contribution in [1.29, 1.82) is 0 Å². The van der Waals surface area contributed by atoms with Crippen molar-refractivity contribution < 1.29 is 9.15 Å². The van der Waals surface area contributed by atoms with Gasteiger partial charge in [0.15, 0.2) is 5.76 Å². The van der Waals surface area contributed by atoms with E-state index in [-0.39, 0.29) is 5.60 Å². The lowest BCUT2D eigenvalue weighted by Gasteiger charge is -2.32. The van der Waals surface area contributed by atoms with E-state index in [0.717, 1.165) is 59.1 Å². The van der Waals surface area contributed by atoms with Gasteiger partial charge in [-0.2, -0.15) is 0 Å². The molecule has 0 bridgehead atoms. The summed E-state index contributed by atoms with van der Waals surface area (Å²) >= 11 is 6.90. The van der Waals surface area contributed by atoms with Crippen molar-refractivity contribution in [3.05, 3.63) is 70.2 Å². The molecule has 0 aliphatic carbocycles. The zero-order valence-electron chi connectivity index (χ0n) is 18.1. The Bertz CT molecular complexity index is 1480. The lowest BCUT2D eigenvalue weighted by Crippen LogP contribution is -2.32. The van der Waals surface area contributed by atoms with E-state index in [2.05, 4.69) is 59.0 Å². The molecular weight excluding hydrogens is 518 g/mol. The number of pyridine rings is 1. The lowest BCUT2D eigenvalue weighted by atomic mass is 9.89. The fourth-order valence-electron chi connectivity index (χ4n) is 4.24. The minimum Gasteiger partial charge on any atom is -0.463 e. The van der Waals surface area contributed by atoms with Crippen molar-refractivity contribution in [2.24, 2.45) is 0 Å². The summed E-state index contributed by atoms with van der Waals surface area (Å²) in [5.41, 5.74) is 5.21. The molecule has 0 saturated heterocycles. The largest absolute Gasteiger partial charge is 0.463 e. The van der Waals surface area contributed by atoms with Crippen LogP contribution in [0.15, 0.2) is 62.9 Å². The summed E-state index contributed by atoms with van der Waals surface area (Å²) in [6.07, 6.45) is 4.16. The van der Waals surface area contributed by atoms with Gasteiger partial charge in [0.25, 0.3) is 0 Å². The van der Waals surface area contributed by atoms with Crippen molar-refractivity contribution in [2.75, 3.05) is 0 Å². The molecule has 0 amide bonds. The maximum Gasteiger partial charge on any atom is 0.152 e. The summed E-state index contributed by atoms with van der Waals surface area (Å²) in [4.78, 5) is 15.4. The molecule has 0 saturated carbocycles. The molecule has 0 spiro atoms.